The van der Waals surface area contributed by atoms with Gasteiger partial charge in [0.1, 0.15) is 0 Å². The normalized spacial score (nSPS) is 18.0. The SMILES string of the molecule is O=C(Nc1ccc2ncsc2c1)N1CCN(Cc2ccccc2)C[C@@H]1CO. The van der Waals surface area contributed by atoms with Crippen molar-refractivity contribution in [1.82, 2.24) is 14.8 Å². The van der Waals surface area contributed by atoms with E-state index in [2.05, 4.69) is 27.3 Å². The van der Waals surface area contributed by atoms with E-state index in [4.69, 9.17) is 0 Å². The molecule has 3 aromatic rings. The van der Waals surface area contributed by atoms with Gasteiger partial charge in [0.2, 0.25) is 0 Å². The molecule has 1 atom stereocenters. The Morgan fingerprint density at radius 1 is 1.22 bits per heavy atom. The summed E-state index contributed by atoms with van der Waals surface area (Å²) in [4.78, 5) is 21.0. The molecule has 6 nitrogen and oxygen atoms in total. The number of aliphatic hydroxyl groups is 1. The molecule has 140 valence electrons. The number of nitrogens with zero attached hydrogens (tertiary/aromatic N) is 3. The molecule has 0 saturated carbocycles. The average molecular weight is 382 g/mol. The first kappa shape index (κ1) is 17.9. The van der Waals surface area contributed by atoms with Crippen LogP contribution in [0.5, 0.6) is 0 Å². The lowest BCUT2D eigenvalue weighted by molar-refractivity contribution is 0.0623. The molecule has 1 saturated heterocycles. The molecule has 0 radical (unpaired) electrons. The Bertz CT molecular complexity index is 915. The first-order valence-corrected chi connectivity index (χ1v) is 9.89. The number of piperazine rings is 1. The number of urea groups is 1. The van der Waals surface area contributed by atoms with Crippen molar-refractivity contribution in [2.75, 3.05) is 31.6 Å². The fraction of sp³-hybridized carbons (Fsp3) is 0.300. The van der Waals surface area contributed by atoms with E-state index in [-0.39, 0.29) is 18.7 Å². The summed E-state index contributed by atoms with van der Waals surface area (Å²) in [6, 6.07) is 15.6. The number of fused-ring (bicyclic) bond motifs is 1. The maximum Gasteiger partial charge on any atom is 0.322 e. The minimum Gasteiger partial charge on any atom is -0.394 e. The van der Waals surface area contributed by atoms with Crippen molar-refractivity contribution in [2.45, 2.75) is 12.6 Å². The zero-order valence-corrected chi connectivity index (χ0v) is 15.7. The maximum atomic E-state index is 12.7. The number of carbonyl (C=O) groups is 1. The van der Waals surface area contributed by atoms with E-state index in [1.165, 1.54) is 5.56 Å². The second-order valence-electron chi connectivity index (χ2n) is 6.72. The smallest absolute Gasteiger partial charge is 0.322 e. The van der Waals surface area contributed by atoms with Crippen LogP contribution in [0.4, 0.5) is 10.5 Å². The van der Waals surface area contributed by atoms with Gasteiger partial charge in [-0.1, -0.05) is 30.3 Å². The van der Waals surface area contributed by atoms with Crippen molar-refractivity contribution in [1.29, 1.82) is 0 Å². The number of amides is 2. The Morgan fingerprint density at radius 3 is 2.89 bits per heavy atom. The molecule has 1 aliphatic rings. The molecule has 0 unspecified atom stereocenters. The summed E-state index contributed by atoms with van der Waals surface area (Å²) in [7, 11) is 0. The highest BCUT2D eigenvalue weighted by atomic mass is 32.1. The molecule has 2 N–H and O–H groups in total. The van der Waals surface area contributed by atoms with Crippen LogP contribution >= 0.6 is 11.3 Å². The second-order valence-corrected chi connectivity index (χ2v) is 7.60. The quantitative estimate of drug-likeness (QED) is 0.728. The van der Waals surface area contributed by atoms with Crippen LogP contribution in [-0.4, -0.2) is 58.2 Å². The summed E-state index contributed by atoms with van der Waals surface area (Å²) in [5, 5.41) is 12.8. The van der Waals surface area contributed by atoms with Crippen molar-refractivity contribution >= 4 is 33.3 Å². The molecule has 1 fully saturated rings. The standard InChI is InChI=1S/C20H22N4O2S/c25-13-17-12-23(11-15-4-2-1-3-5-15)8-9-24(17)20(26)22-16-6-7-18-19(10-16)27-14-21-18/h1-7,10,14,17,25H,8-9,11-13H2,(H,22,26)/t17-/m1/s1. The number of carbonyl (C=O) groups excluding carboxylic acids is 1. The second kappa shape index (κ2) is 8.04. The third kappa shape index (κ3) is 4.10. The number of rotatable bonds is 4. The summed E-state index contributed by atoms with van der Waals surface area (Å²) in [5.41, 5.74) is 4.72. The van der Waals surface area contributed by atoms with E-state index in [0.717, 1.165) is 29.0 Å². The molecule has 2 aromatic carbocycles. The first-order chi connectivity index (χ1) is 13.2. The number of nitrogens with one attached hydrogen (secondary N) is 1. The topological polar surface area (TPSA) is 68.7 Å². The van der Waals surface area contributed by atoms with E-state index in [9.17, 15) is 9.90 Å². The molecular formula is C20H22N4O2S. The Balaban J connectivity index is 1.40. The van der Waals surface area contributed by atoms with Gasteiger partial charge < -0.3 is 15.3 Å². The molecule has 1 aromatic heterocycles. The van der Waals surface area contributed by atoms with Crippen molar-refractivity contribution in [3.63, 3.8) is 0 Å². The number of benzene rings is 2. The van der Waals surface area contributed by atoms with Crippen LogP contribution in [0.1, 0.15) is 5.56 Å². The Labute approximate surface area is 162 Å². The fourth-order valence-electron chi connectivity index (χ4n) is 3.46. The maximum absolute atomic E-state index is 12.7. The summed E-state index contributed by atoms with van der Waals surface area (Å²) in [6.45, 7) is 2.81. The van der Waals surface area contributed by atoms with Crippen molar-refractivity contribution in [3.05, 3.63) is 59.6 Å². The predicted octanol–water partition coefficient (Wildman–Crippen LogP) is 3.01. The highest BCUT2D eigenvalue weighted by Crippen LogP contribution is 2.22. The van der Waals surface area contributed by atoms with Gasteiger partial charge in [0, 0.05) is 31.9 Å². The molecule has 0 spiro atoms. The molecule has 27 heavy (non-hydrogen) atoms. The zero-order chi connectivity index (χ0) is 18.6. The van der Waals surface area contributed by atoms with Gasteiger partial charge >= 0.3 is 6.03 Å². The predicted molar refractivity (Wildman–Crippen MR) is 108 cm³/mol. The first-order valence-electron chi connectivity index (χ1n) is 9.01. The lowest BCUT2D eigenvalue weighted by atomic mass is 10.1. The van der Waals surface area contributed by atoms with Crippen molar-refractivity contribution in [3.8, 4) is 0 Å². The average Bonchev–Trinajstić information content (AvgIpc) is 3.16. The largest absolute Gasteiger partial charge is 0.394 e. The number of hydrogen-bond donors (Lipinski definition) is 2. The monoisotopic (exact) mass is 382 g/mol. The lowest BCUT2D eigenvalue weighted by Gasteiger charge is -2.40. The van der Waals surface area contributed by atoms with Crippen LogP contribution in [0.3, 0.4) is 0 Å². The van der Waals surface area contributed by atoms with Crippen LogP contribution in [0.15, 0.2) is 54.0 Å². The molecule has 0 bridgehead atoms. The highest BCUT2D eigenvalue weighted by Gasteiger charge is 2.30. The molecule has 2 heterocycles. The van der Waals surface area contributed by atoms with Gasteiger partial charge in [0.15, 0.2) is 0 Å². The number of hydrogen-bond acceptors (Lipinski definition) is 5. The highest BCUT2D eigenvalue weighted by molar-refractivity contribution is 7.16. The third-order valence-electron chi connectivity index (χ3n) is 4.87. The van der Waals surface area contributed by atoms with Gasteiger partial charge in [0.05, 0.1) is 28.4 Å². The number of anilines is 1. The number of thiazole rings is 1. The van der Waals surface area contributed by atoms with Gasteiger partial charge in [-0.3, -0.25) is 4.90 Å². The summed E-state index contributed by atoms with van der Waals surface area (Å²) in [6.07, 6.45) is 0. The Kier molecular flexibility index (Phi) is 5.33. The number of aromatic nitrogens is 1. The Morgan fingerprint density at radius 2 is 2.07 bits per heavy atom. The van der Waals surface area contributed by atoms with Crippen LogP contribution in [0.25, 0.3) is 10.2 Å². The number of aliphatic hydroxyl groups excluding tert-OH is 1. The van der Waals surface area contributed by atoms with Crippen LogP contribution < -0.4 is 5.32 Å². The fourth-order valence-corrected chi connectivity index (χ4v) is 4.17. The van der Waals surface area contributed by atoms with Gasteiger partial charge in [-0.15, -0.1) is 11.3 Å². The van der Waals surface area contributed by atoms with Crippen LogP contribution in [-0.2, 0) is 6.54 Å². The third-order valence-corrected chi connectivity index (χ3v) is 5.66. The minimum absolute atomic E-state index is 0.0490. The van der Waals surface area contributed by atoms with Crippen molar-refractivity contribution in [2.24, 2.45) is 0 Å². The van der Waals surface area contributed by atoms with Crippen LogP contribution in [0, 0.1) is 0 Å². The molecule has 0 aliphatic carbocycles. The summed E-state index contributed by atoms with van der Waals surface area (Å²) in [5.74, 6) is 0. The zero-order valence-electron chi connectivity index (χ0n) is 14.9. The molecular weight excluding hydrogens is 360 g/mol. The van der Waals surface area contributed by atoms with E-state index >= 15 is 0 Å². The van der Waals surface area contributed by atoms with Crippen LogP contribution in [0.2, 0.25) is 0 Å². The van der Waals surface area contributed by atoms with Gasteiger partial charge in [-0.25, -0.2) is 9.78 Å². The van der Waals surface area contributed by atoms with E-state index in [0.29, 0.717) is 13.1 Å². The molecule has 1 aliphatic heterocycles. The molecule has 7 heteroatoms. The molecule has 2 amide bonds. The van der Waals surface area contributed by atoms with E-state index in [1.807, 2.05) is 36.4 Å². The van der Waals surface area contributed by atoms with Crippen molar-refractivity contribution < 1.29 is 9.90 Å². The van der Waals surface area contributed by atoms with E-state index in [1.54, 1.807) is 21.7 Å². The summed E-state index contributed by atoms with van der Waals surface area (Å²) < 4.78 is 1.04. The lowest BCUT2D eigenvalue weighted by Crippen LogP contribution is -2.57. The molecule has 4 rings (SSSR count). The van der Waals surface area contributed by atoms with E-state index < -0.39 is 0 Å². The summed E-state index contributed by atoms with van der Waals surface area (Å²) >= 11 is 1.55. The minimum atomic E-state index is -0.213. The van der Waals surface area contributed by atoms with Gasteiger partial charge in [-0.05, 0) is 23.8 Å². The van der Waals surface area contributed by atoms with Gasteiger partial charge in [-0.2, -0.15) is 0 Å². The van der Waals surface area contributed by atoms with Gasteiger partial charge in [0.25, 0.3) is 0 Å². The Hall–Kier alpha value is -2.48.